The lowest BCUT2D eigenvalue weighted by Gasteiger charge is -2.32. The third-order valence-electron chi connectivity index (χ3n) is 10.0. The fourth-order valence-corrected chi connectivity index (χ4v) is 7.33. The van der Waals surface area contributed by atoms with E-state index in [2.05, 4.69) is 48.1 Å². The Morgan fingerprint density at radius 1 is 0.927 bits per heavy atom. The van der Waals surface area contributed by atoms with Crippen LogP contribution >= 0.6 is 0 Å². The Morgan fingerprint density at radius 3 is 2.39 bits per heavy atom. The predicted molar refractivity (Wildman–Crippen MR) is 163 cm³/mol. The number of carbonyl (C=O) groups is 2. The van der Waals surface area contributed by atoms with E-state index in [9.17, 15) is 9.59 Å². The Hall–Kier alpha value is -3.25. The van der Waals surface area contributed by atoms with Crippen LogP contribution in [0.1, 0.15) is 78.4 Å². The van der Waals surface area contributed by atoms with E-state index >= 15 is 0 Å². The second kappa shape index (κ2) is 11.9. The molecule has 3 heterocycles. The van der Waals surface area contributed by atoms with Crippen LogP contribution in [0.15, 0.2) is 54.9 Å². The van der Waals surface area contributed by atoms with Crippen LogP contribution in [-0.4, -0.2) is 63.5 Å². The molecular formula is C35H44N4O2. The first-order valence-electron chi connectivity index (χ1n) is 15.6. The van der Waals surface area contributed by atoms with Gasteiger partial charge < -0.3 is 4.90 Å². The average Bonchev–Trinajstić information content (AvgIpc) is 3.75. The Bertz CT molecular complexity index is 1390. The highest BCUT2D eigenvalue weighted by Gasteiger charge is 2.35. The number of benzene rings is 2. The van der Waals surface area contributed by atoms with Gasteiger partial charge in [0.25, 0.3) is 5.91 Å². The Kier molecular flexibility index (Phi) is 8.12. The van der Waals surface area contributed by atoms with E-state index in [1.54, 1.807) is 0 Å². The zero-order valence-electron chi connectivity index (χ0n) is 24.9. The molecule has 1 aromatic heterocycles. The van der Waals surface area contributed by atoms with Gasteiger partial charge >= 0.3 is 0 Å². The Morgan fingerprint density at radius 2 is 1.71 bits per heavy atom. The lowest BCUT2D eigenvalue weighted by molar-refractivity contribution is -0.121. The molecule has 216 valence electrons. The summed E-state index contributed by atoms with van der Waals surface area (Å²) < 4.78 is 1.82. The third kappa shape index (κ3) is 6.18. The van der Waals surface area contributed by atoms with Gasteiger partial charge in [0.05, 0.1) is 6.20 Å². The highest BCUT2D eigenvalue weighted by Crippen LogP contribution is 2.33. The number of aromatic nitrogens is 2. The molecule has 2 aromatic carbocycles. The third-order valence-corrected chi connectivity index (χ3v) is 10.0. The number of ketones is 1. The zero-order valence-corrected chi connectivity index (χ0v) is 24.9. The second-order valence-electron chi connectivity index (χ2n) is 12.9. The van der Waals surface area contributed by atoms with Crippen LogP contribution in [0.5, 0.6) is 0 Å². The van der Waals surface area contributed by atoms with E-state index < -0.39 is 0 Å². The second-order valence-corrected chi connectivity index (χ2v) is 12.9. The van der Waals surface area contributed by atoms with Crippen molar-refractivity contribution in [3.05, 3.63) is 77.1 Å². The van der Waals surface area contributed by atoms with Gasteiger partial charge in [0.2, 0.25) is 0 Å². The standard InChI is InChI=1S/C35H44N4O2/c1-24-4-11-33(18-24)39-17-14-30(23-39)34(40)20-31-19-29(6-5-25(31)2)35(41)38-15-12-28(13-16-38)26-7-9-27(10-8-26)32-21-36-37(3)22-32/h5-10,19,21-22,24,28,30,33H,4,11-18,20,23H2,1-3H3. The number of piperidine rings is 1. The van der Waals surface area contributed by atoms with Crippen molar-refractivity contribution in [1.82, 2.24) is 19.6 Å². The largest absolute Gasteiger partial charge is 0.339 e. The first-order chi connectivity index (χ1) is 19.8. The van der Waals surface area contributed by atoms with Crippen LogP contribution in [0.25, 0.3) is 11.1 Å². The highest BCUT2D eigenvalue weighted by atomic mass is 16.2. The predicted octanol–water partition coefficient (Wildman–Crippen LogP) is 6.04. The molecule has 3 aliphatic rings. The van der Waals surface area contributed by atoms with Crippen molar-refractivity contribution in [2.75, 3.05) is 26.2 Å². The fourth-order valence-electron chi connectivity index (χ4n) is 7.33. The molecule has 0 N–H and O–H groups in total. The molecule has 0 bridgehead atoms. The smallest absolute Gasteiger partial charge is 0.253 e. The Labute approximate surface area is 244 Å². The van der Waals surface area contributed by atoms with Gasteiger partial charge in [-0.25, -0.2) is 0 Å². The van der Waals surface area contributed by atoms with Crippen molar-refractivity contribution in [1.29, 1.82) is 0 Å². The molecule has 0 radical (unpaired) electrons. The molecule has 2 saturated heterocycles. The minimum Gasteiger partial charge on any atom is -0.339 e. The normalized spacial score (nSPS) is 23.8. The van der Waals surface area contributed by atoms with Gasteiger partial charge in [-0.2, -0.15) is 5.10 Å². The minimum atomic E-state index is 0.0893. The number of aryl methyl sites for hydroxylation is 2. The van der Waals surface area contributed by atoms with Crippen LogP contribution in [0, 0.1) is 18.8 Å². The molecule has 6 rings (SSSR count). The van der Waals surface area contributed by atoms with E-state index in [0.29, 0.717) is 29.7 Å². The molecule has 0 spiro atoms. The van der Waals surface area contributed by atoms with Crippen LogP contribution in [0.2, 0.25) is 0 Å². The molecule has 3 atom stereocenters. The SMILES string of the molecule is Cc1ccc(C(=O)N2CCC(c3ccc(-c4cnn(C)c4)cc3)CC2)cc1CC(=O)C1CCN(C2CCC(C)C2)C1. The zero-order chi connectivity index (χ0) is 28.5. The summed E-state index contributed by atoms with van der Waals surface area (Å²) >= 11 is 0. The topological polar surface area (TPSA) is 58.4 Å². The summed E-state index contributed by atoms with van der Waals surface area (Å²) in [4.78, 5) is 31.4. The molecular weight excluding hydrogens is 508 g/mol. The maximum atomic E-state index is 13.5. The van der Waals surface area contributed by atoms with E-state index in [0.717, 1.165) is 68.0 Å². The summed E-state index contributed by atoms with van der Waals surface area (Å²) in [5.41, 5.74) is 6.47. The number of carbonyl (C=O) groups excluding carboxylic acids is 2. The summed E-state index contributed by atoms with van der Waals surface area (Å²) in [6, 6.07) is 15.4. The average molecular weight is 553 g/mol. The summed E-state index contributed by atoms with van der Waals surface area (Å²) in [5, 5.41) is 4.28. The van der Waals surface area contributed by atoms with Gasteiger partial charge in [-0.1, -0.05) is 37.3 Å². The lowest BCUT2D eigenvalue weighted by Crippen LogP contribution is -2.38. The van der Waals surface area contributed by atoms with Crippen molar-refractivity contribution in [3.63, 3.8) is 0 Å². The molecule has 1 amide bonds. The van der Waals surface area contributed by atoms with E-state index in [1.807, 2.05) is 47.2 Å². The molecule has 3 aromatic rings. The number of rotatable bonds is 7. The van der Waals surface area contributed by atoms with Gasteiger partial charge in [0.15, 0.2) is 0 Å². The van der Waals surface area contributed by atoms with Gasteiger partial charge in [-0.15, -0.1) is 0 Å². The summed E-state index contributed by atoms with van der Waals surface area (Å²) in [6.07, 6.45) is 11.1. The number of Topliss-reactive ketones (excluding diaryl/α,β-unsaturated/α-hetero) is 1. The number of hydrogen-bond acceptors (Lipinski definition) is 4. The van der Waals surface area contributed by atoms with Crippen molar-refractivity contribution in [3.8, 4) is 11.1 Å². The molecule has 41 heavy (non-hydrogen) atoms. The first kappa shape index (κ1) is 27.9. The quantitative estimate of drug-likeness (QED) is 0.359. The van der Waals surface area contributed by atoms with Crippen LogP contribution in [0.4, 0.5) is 0 Å². The van der Waals surface area contributed by atoms with Gasteiger partial charge in [0.1, 0.15) is 5.78 Å². The summed E-state index contributed by atoms with van der Waals surface area (Å²) in [6.45, 7) is 7.89. The molecule has 6 heteroatoms. The monoisotopic (exact) mass is 552 g/mol. The fraction of sp³-hybridized carbons (Fsp3) is 0.514. The number of amides is 1. The van der Waals surface area contributed by atoms with E-state index in [-0.39, 0.29) is 11.8 Å². The molecule has 1 aliphatic carbocycles. The molecule has 6 nitrogen and oxygen atoms in total. The van der Waals surface area contributed by atoms with Crippen molar-refractivity contribution < 1.29 is 9.59 Å². The van der Waals surface area contributed by atoms with Gasteiger partial charge in [-0.3, -0.25) is 19.2 Å². The maximum Gasteiger partial charge on any atom is 0.253 e. The number of hydrogen-bond donors (Lipinski definition) is 0. The van der Waals surface area contributed by atoms with Crippen LogP contribution in [0.3, 0.4) is 0 Å². The van der Waals surface area contributed by atoms with E-state index in [1.165, 1.54) is 30.4 Å². The van der Waals surface area contributed by atoms with Gasteiger partial charge in [0, 0.05) is 62.4 Å². The maximum absolute atomic E-state index is 13.5. The van der Waals surface area contributed by atoms with Crippen LogP contribution < -0.4 is 0 Å². The van der Waals surface area contributed by atoms with Gasteiger partial charge in [-0.05, 0) is 98.2 Å². The van der Waals surface area contributed by atoms with Crippen molar-refractivity contribution >= 4 is 11.7 Å². The molecule has 2 aliphatic heterocycles. The van der Waals surface area contributed by atoms with Crippen molar-refractivity contribution in [2.45, 2.75) is 70.8 Å². The van der Waals surface area contributed by atoms with E-state index in [4.69, 9.17) is 0 Å². The number of nitrogens with zero attached hydrogens (tertiary/aromatic N) is 4. The Balaban J connectivity index is 1.04. The summed E-state index contributed by atoms with van der Waals surface area (Å²) in [7, 11) is 1.94. The first-order valence-corrected chi connectivity index (χ1v) is 15.6. The minimum absolute atomic E-state index is 0.0893. The van der Waals surface area contributed by atoms with Crippen molar-refractivity contribution in [2.24, 2.45) is 18.9 Å². The molecule has 3 fully saturated rings. The summed E-state index contributed by atoms with van der Waals surface area (Å²) in [5.74, 6) is 1.83. The van der Waals surface area contributed by atoms with Crippen LogP contribution in [-0.2, 0) is 18.3 Å². The molecule has 1 saturated carbocycles. The highest BCUT2D eigenvalue weighted by molar-refractivity contribution is 5.95. The lowest BCUT2D eigenvalue weighted by atomic mass is 9.88. The number of likely N-dealkylation sites (tertiary alicyclic amines) is 2. The molecule has 3 unspecified atom stereocenters.